The Morgan fingerprint density at radius 1 is 1.31 bits per heavy atom. The van der Waals surface area contributed by atoms with E-state index >= 15 is 0 Å². The average Bonchev–Trinajstić information content (AvgIpc) is 2.26. The molecule has 0 saturated heterocycles. The maximum absolute atomic E-state index is 12.6. The van der Waals surface area contributed by atoms with Gasteiger partial charge in [0.25, 0.3) is 0 Å². The zero-order chi connectivity index (χ0) is 12.0. The third-order valence-electron chi connectivity index (χ3n) is 1.98. The van der Waals surface area contributed by atoms with Crippen LogP contribution >= 0.6 is 0 Å². The molecule has 88 valence electrons. The van der Waals surface area contributed by atoms with Crippen molar-refractivity contribution in [3.8, 4) is 0 Å². The summed E-state index contributed by atoms with van der Waals surface area (Å²) in [4.78, 5) is 4.68. The zero-order valence-electron chi connectivity index (χ0n) is 9.74. The molecule has 0 fully saturated rings. The predicted octanol–water partition coefficient (Wildman–Crippen LogP) is 2.96. The SMILES string of the molecule is CO/N=C(\OCc1ccc(F)cc1)C(C)C. The third-order valence-corrected chi connectivity index (χ3v) is 1.98. The van der Waals surface area contributed by atoms with Gasteiger partial charge in [-0.05, 0) is 17.7 Å². The van der Waals surface area contributed by atoms with Crippen LogP contribution in [0.2, 0.25) is 0 Å². The van der Waals surface area contributed by atoms with Crippen LogP contribution in [-0.2, 0) is 16.2 Å². The molecule has 16 heavy (non-hydrogen) atoms. The average molecular weight is 225 g/mol. The van der Waals surface area contributed by atoms with Gasteiger partial charge in [-0.25, -0.2) is 4.39 Å². The van der Waals surface area contributed by atoms with E-state index in [2.05, 4.69) is 9.99 Å². The fraction of sp³-hybridized carbons (Fsp3) is 0.417. The van der Waals surface area contributed by atoms with Crippen LogP contribution in [0.25, 0.3) is 0 Å². The molecular weight excluding hydrogens is 209 g/mol. The topological polar surface area (TPSA) is 30.8 Å². The molecular formula is C12H16FNO2. The summed E-state index contributed by atoms with van der Waals surface area (Å²) in [5.41, 5.74) is 0.894. The number of hydrogen-bond acceptors (Lipinski definition) is 3. The number of rotatable bonds is 4. The van der Waals surface area contributed by atoms with E-state index in [1.165, 1.54) is 19.2 Å². The van der Waals surface area contributed by atoms with E-state index in [0.29, 0.717) is 12.5 Å². The number of halogens is 1. The summed E-state index contributed by atoms with van der Waals surface area (Å²) in [6.45, 7) is 4.28. The summed E-state index contributed by atoms with van der Waals surface area (Å²) >= 11 is 0. The van der Waals surface area contributed by atoms with Gasteiger partial charge < -0.3 is 9.57 Å². The summed E-state index contributed by atoms with van der Waals surface area (Å²) in [6.07, 6.45) is 0. The maximum atomic E-state index is 12.6. The highest BCUT2D eigenvalue weighted by molar-refractivity contribution is 5.77. The second kappa shape index (κ2) is 6.10. The van der Waals surface area contributed by atoms with Gasteiger partial charge >= 0.3 is 0 Å². The van der Waals surface area contributed by atoms with Gasteiger partial charge in [0.1, 0.15) is 19.5 Å². The Balaban J connectivity index is 2.55. The summed E-state index contributed by atoms with van der Waals surface area (Å²) in [5.74, 6) is 0.436. The molecule has 0 aliphatic carbocycles. The highest BCUT2D eigenvalue weighted by Gasteiger charge is 2.07. The fourth-order valence-electron chi connectivity index (χ4n) is 1.13. The van der Waals surface area contributed by atoms with Crippen molar-refractivity contribution in [1.82, 2.24) is 0 Å². The highest BCUT2D eigenvalue weighted by atomic mass is 19.1. The first-order chi connectivity index (χ1) is 7.63. The van der Waals surface area contributed by atoms with Crippen molar-refractivity contribution in [1.29, 1.82) is 0 Å². The molecule has 0 aliphatic rings. The molecule has 0 heterocycles. The van der Waals surface area contributed by atoms with Crippen molar-refractivity contribution >= 4 is 5.90 Å². The van der Waals surface area contributed by atoms with Crippen LogP contribution < -0.4 is 0 Å². The van der Waals surface area contributed by atoms with Crippen LogP contribution in [0.15, 0.2) is 29.4 Å². The number of hydrogen-bond donors (Lipinski definition) is 0. The number of nitrogens with zero attached hydrogens (tertiary/aromatic N) is 1. The second-order valence-electron chi connectivity index (χ2n) is 3.68. The Labute approximate surface area is 94.9 Å². The van der Waals surface area contributed by atoms with Crippen LogP contribution in [0.4, 0.5) is 4.39 Å². The normalized spacial score (nSPS) is 11.7. The quantitative estimate of drug-likeness (QED) is 0.448. The van der Waals surface area contributed by atoms with Crippen LogP contribution in [0, 0.1) is 11.7 Å². The molecule has 0 radical (unpaired) electrons. The molecule has 1 aromatic rings. The molecule has 0 bridgehead atoms. The molecule has 0 amide bonds. The minimum atomic E-state index is -0.251. The Morgan fingerprint density at radius 2 is 1.94 bits per heavy atom. The lowest BCUT2D eigenvalue weighted by Gasteiger charge is -2.11. The number of ether oxygens (including phenoxy) is 1. The maximum Gasteiger partial charge on any atom is 0.228 e. The Hall–Kier alpha value is -1.58. The Kier molecular flexibility index (Phi) is 4.76. The standard InChI is InChI=1S/C12H16FNO2/c1-9(2)12(14-15-3)16-8-10-4-6-11(13)7-5-10/h4-7,9H,8H2,1-3H3/b14-12-. The van der Waals surface area contributed by atoms with Gasteiger partial charge in [0.2, 0.25) is 5.90 Å². The van der Waals surface area contributed by atoms with E-state index in [0.717, 1.165) is 5.56 Å². The molecule has 0 N–H and O–H groups in total. The first kappa shape index (κ1) is 12.5. The van der Waals surface area contributed by atoms with Crippen molar-refractivity contribution < 1.29 is 14.0 Å². The lowest BCUT2D eigenvalue weighted by Crippen LogP contribution is -2.12. The molecule has 1 aromatic carbocycles. The Bertz CT molecular complexity index is 347. The van der Waals surface area contributed by atoms with Crippen LogP contribution in [0.3, 0.4) is 0 Å². The molecule has 0 saturated carbocycles. The van der Waals surface area contributed by atoms with Crippen molar-refractivity contribution in [3.63, 3.8) is 0 Å². The first-order valence-electron chi connectivity index (χ1n) is 5.11. The smallest absolute Gasteiger partial charge is 0.228 e. The van der Waals surface area contributed by atoms with Crippen molar-refractivity contribution in [2.75, 3.05) is 7.11 Å². The van der Waals surface area contributed by atoms with E-state index in [9.17, 15) is 4.39 Å². The minimum Gasteiger partial charge on any atom is -0.474 e. The minimum absolute atomic E-state index is 0.153. The molecule has 0 aromatic heterocycles. The first-order valence-corrected chi connectivity index (χ1v) is 5.11. The van der Waals surface area contributed by atoms with Gasteiger partial charge in [-0.3, -0.25) is 0 Å². The highest BCUT2D eigenvalue weighted by Crippen LogP contribution is 2.07. The number of oxime groups is 1. The van der Waals surface area contributed by atoms with E-state index in [4.69, 9.17) is 4.74 Å². The van der Waals surface area contributed by atoms with Gasteiger partial charge in [-0.1, -0.05) is 31.1 Å². The van der Waals surface area contributed by atoms with E-state index in [1.807, 2.05) is 13.8 Å². The summed E-state index contributed by atoms with van der Waals surface area (Å²) in [5, 5.41) is 3.78. The molecule has 0 spiro atoms. The summed E-state index contributed by atoms with van der Waals surface area (Å²) in [6, 6.07) is 6.17. The molecule has 0 atom stereocenters. The number of benzene rings is 1. The summed E-state index contributed by atoms with van der Waals surface area (Å²) in [7, 11) is 1.48. The monoisotopic (exact) mass is 225 g/mol. The van der Waals surface area contributed by atoms with Crippen LogP contribution in [0.1, 0.15) is 19.4 Å². The summed E-state index contributed by atoms with van der Waals surface area (Å²) < 4.78 is 18.1. The van der Waals surface area contributed by atoms with Gasteiger partial charge in [0.05, 0.1) is 0 Å². The fourth-order valence-corrected chi connectivity index (χ4v) is 1.13. The largest absolute Gasteiger partial charge is 0.474 e. The second-order valence-corrected chi connectivity index (χ2v) is 3.68. The van der Waals surface area contributed by atoms with Crippen molar-refractivity contribution in [3.05, 3.63) is 35.6 Å². The molecule has 1 rings (SSSR count). The Morgan fingerprint density at radius 3 is 2.44 bits per heavy atom. The zero-order valence-corrected chi connectivity index (χ0v) is 9.74. The van der Waals surface area contributed by atoms with E-state index in [-0.39, 0.29) is 11.7 Å². The van der Waals surface area contributed by atoms with Gasteiger partial charge in [-0.2, -0.15) is 0 Å². The van der Waals surface area contributed by atoms with Crippen molar-refractivity contribution in [2.24, 2.45) is 11.1 Å². The third kappa shape index (κ3) is 3.88. The predicted molar refractivity (Wildman–Crippen MR) is 60.5 cm³/mol. The molecule has 4 heteroatoms. The molecule has 0 unspecified atom stereocenters. The lowest BCUT2D eigenvalue weighted by molar-refractivity contribution is 0.180. The lowest BCUT2D eigenvalue weighted by atomic mass is 10.2. The van der Waals surface area contributed by atoms with E-state index in [1.54, 1.807) is 12.1 Å². The van der Waals surface area contributed by atoms with Crippen LogP contribution in [0.5, 0.6) is 0 Å². The van der Waals surface area contributed by atoms with Crippen molar-refractivity contribution in [2.45, 2.75) is 20.5 Å². The van der Waals surface area contributed by atoms with Gasteiger partial charge in [0.15, 0.2) is 0 Å². The van der Waals surface area contributed by atoms with Gasteiger partial charge in [0, 0.05) is 5.92 Å². The van der Waals surface area contributed by atoms with Crippen LogP contribution in [-0.4, -0.2) is 13.0 Å². The van der Waals surface area contributed by atoms with E-state index < -0.39 is 0 Å². The molecule has 3 nitrogen and oxygen atoms in total. The van der Waals surface area contributed by atoms with Gasteiger partial charge in [-0.15, -0.1) is 0 Å². The molecule has 0 aliphatic heterocycles.